The van der Waals surface area contributed by atoms with E-state index in [1.165, 1.54) is 48.0 Å². The molecule has 3 aliphatic rings. The average Bonchev–Trinajstić information content (AvgIpc) is 3.31. The molecule has 1 N–H and O–H groups in total. The van der Waals surface area contributed by atoms with Gasteiger partial charge in [-0.3, -0.25) is 19.2 Å². The monoisotopic (exact) mass is 454 g/mol. The number of hydrogen-bond donors (Lipinski definition) is 1. The molecule has 0 bridgehead atoms. The number of carbonyl (C=O) groups is 1. The van der Waals surface area contributed by atoms with Crippen molar-refractivity contribution in [2.75, 3.05) is 18.0 Å². The van der Waals surface area contributed by atoms with Crippen LogP contribution in [0.25, 0.3) is 6.08 Å². The minimum Gasteiger partial charge on any atom is -0.368 e. The zero-order valence-corrected chi connectivity index (χ0v) is 18.5. The molecule has 1 aromatic carbocycles. The molecule has 160 valence electrons. The molecule has 0 radical (unpaired) electrons. The van der Waals surface area contributed by atoms with Gasteiger partial charge in [0, 0.05) is 18.8 Å². The summed E-state index contributed by atoms with van der Waals surface area (Å²) in [6, 6.07) is 8.32. The maximum atomic E-state index is 12.8. The van der Waals surface area contributed by atoms with E-state index in [9.17, 15) is 9.59 Å². The van der Waals surface area contributed by atoms with Crippen molar-refractivity contribution >= 4 is 46.0 Å². The van der Waals surface area contributed by atoms with Crippen molar-refractivity contribution in [3.8, 4) is 0 Å². The van der Waals surface area contributed by atoms with Gasteiger partial charge in [-0.1, -0.05) is 52.9 Å². The summed E-state index contributed by atoms with van der Waals surface area (Å²) in [6.45, 7) is 2.19. The van der Waals surface area contributed by atoms with E-state index in [1.807, 2.05) is 18.2 Å². The minimum atomic E-state index is -0.653. The number of amides is 1. The number of fused-ring (bicyclic) bond motifs is 1. The molecule has 1 aromatic heterocycles. The fraction of sp³-hybridized carbons (Fsp3) is 0.364. The Morgan fingerprint density at radius 3 is 2.87 bits per heavy atom. The molecule has 2 saturated heterocycles. The average molecular weight is 455 g/mol. The summed E-state index contributed by atoms with van der Waals surface area (Å²) in [7, 11) is 0. The van der Waals surface area contributed by atoms with Crippen LogP contribution < -0.4 is 10.7 Å². The smallest absolute Gasteiger partial charge is 0.368 e. The van der Waals surface area contributed by atoms with Crippen molar-refractivity contribution < 1.29 is 9.32 Å². The topological polar surface area (TPSA) is 82.4 Å². The quantitative estimate of drug-likeness (QED) is 0.428. The molecule has 1 unspecified atom stereocenters. The van der Waals surface area contributed by atoms with E-state index >= 15 is 0 Å². The molecule has 1 atom stereocenters. The molecule has 2 aromatic rings. The second-order valence-electron chi connectivity index (χ2n) is 8.02. The lowest BCUT2D eigenvalue weighted by molar-refractivity contribution is -0.122. The van der Waals surface area contributed by atoms with Crippen LogP contribution in [0.2, 0.25) is 0 Å². The first-order valence-corrected chi connectivity index (χ1v) is 11.6. The van der Waals surface area contributed by atoms with Crippen LogP contribution in [0.15, 0.2) is 50.1 Å². The molecule has 1 aliphatic carbocycles. The fourth-order valence-electron chi connectivity index (χ4n) is 4.41. The van der Waals surface area contributed by atoms with Crippen LogP contribution in [-0.4, -0.2) is 38.4 Å². The van der Waals surface area contributed by atoms with Gasteiger partial charge in [0.05, 0.1) is 11.4 Å². The maximum Gasteiger partial charge on any atom is 0.438 e. The van der Waals surface area contributed by atoms with Gasteiger partial charge in [-0.15, -0.1) is 0 Å². The Kier molecular flexibility index (Phi) is 5.54. The predicted octanol–water partition coefficient (Wildman–Crippen LogP) is 3.70. The highest BCUT2D eigenvalue weighted by atomic mass is 32.2. The Labute approximate surface area is 189 Å². The van der Waals surface area contributed by atoms with E-state index in [2.05, 4.69) is 37.8 Å². The first-order valence-electron chi connectivity index (χ1n) is 10.4. The van der Waals surface area contributed by atoms with Crippen molar-refractivity contribution in [1.29, 1.82) is 0 Å². The van der Waals surface area contributed by atoms with Crippen molar-refractivity contribution in [2.45, 2.75) is 32.2 Å². The number of carbonyl (C=O) groups excluding carboxylic acids is 1. The number of rotatable bonds is 4. The van der Waals surface area contributed by atoms with Crippen molar-refractivity contribution in [3.63, 3.8) is 0 Å². The summed E-state index contributed by atoms with van der Waals surface area (Å²) < 4.78 is 4.92. The van der Waals surface area contributed by atoms with Gasteiger partial charge in [0.1, 0.15) is 4.32 Å². The molecule has 1 amide bonds. The molecule has 2 fully saturated rings. The third kappa shape index (κ3) is 4.24. The van der Waals surface area contributed by atoms with Gasteiger partial charge >= 0.3 is 5.76 Å². The van der Waals surface area contributed by atoms with Gasteiger partial charge in [-0.25, -0.2) is 4.79 Å². The number of H-pyrrole nitrogens is 1. The van der Waals surface area contributed by atoms with Crippen molar-refractivity contribution in [3.05, 3.63) is 62.8 Å². The molecule has 5 rings (SSSR count). The van der Waals surface area contributed by atoms with Crippen LogP contribution in [0.1, 0.15) is 37.1 Å². The lowest BCUT2D eigenvalue weighted by atomic mass is 9.82. The summed E-state index contributed by atoms with van der Waals surface area (Å²) >= 11 is 6.58. The van der Waals surface area contributed by atoms with Gasteiger partial charge < -0.3 is 4.90 Å². The van der Waals surface area contributed by atoms with Crippen molar-refractivity contribution in [1.82, 2.24) is 15.0 Å². The molecular formula is C22H22N4O3S2. The van der Waals surface area contributed by atoms with E-state index in [0.29, 0.717) is 9.23 Å². The number of piperidine rings is 1. The van der Waals surface area contributed by atoms with Crippen LogP contribution in [0, 0.1) is 5.92 Å². The Bertz CT molecular complexity index is 1130. The second kappa shape index (κ2) is 8.47. The SMILES string of the molecule is O=C1C(=Cc2ccc(N3CCC4CCCC=C4C3)cc2)SC(=S)N1Cc1noc(=O)[nH]1. The van der Waals surface area contributed by atoms with Crippen LogP contribution in [-0.2, 0) is 11.3 Å². The standard InChI is InChI=1S/C22H22N4O3S2/c27-20-18(31-22(30)26(20)13-19-23-21(28)29-24-19)11-14-5-7-17(8-6-14)25-10-9-15-3-1-2-4-16(15)12-25/h4-8,11,15H,1-3,9-10,12-13H2,(H,23,24,28). The molecule has 3 heterocycles. The number of aromatic amines is 1. The molecule has 2 aliphatic heterocycles. The van der Waals surface area contributed by atoms with Crippen LogP contribution >= 0.6 is 24.0 Å². The van der Waals surface area contributed by atoms with Gasteiger partial charge in [0.25, 0.3) is 5.91 Å². The number of aromatic nitrogens is 2. The number of thioether (sulfide) groups is 1. The third-order valence-corrected chi connectivity index (χ3v) is 7.41. The zero-order chi connectivity index (χ0) is 21.4. The molecule has 7 nitrogen and oxygen atoms in total. The van der Waals surface area contributed by atoms with E-state index in [1.54, 1.807) is 5.57 Å². The van der Waals surface area contributed by atoms with Crippen molar-refractivity contribution in [2.24, 2.45) is 5.92 Å². The summed E-state index contributed by atoms with van der Waals surface area (Å²) in [5.41, 5.74) is 3.76. The van der Waals surface area contributed by atoms with Crippen LogP contribution in [0.4, 0.5) is 5.69 Å². The van der Waals surface area contributed by atoms with E-state index < -0.39 is 5.76 Å². The molecule has 31 heavy (non-hydrogen) atoms. The predicted molar refractivity (Wildman–Crippen MR) is 125 cm³/mol. The Morgan fingerprint density at radius 2 is 2.10 bits per heavy atom. The zero-order valence-electron chi connectivity index (χ0n) is 16.9. The Morgan fingerprint density at radius 1 is 1.26 bits per heavy atom. The molecule has 0 saturated carbocycles. The summed E-state index contributed by atoms with van der Waals surface area (Å²) in [6.07, 6.45) is 9.39. The number of allylic oxidation sites excluding steroid dienone is 1. The minimum absolute atomic E-state index is 0.0818. The van der Waals surface area contributed by atoms with Crippen LogP contribution in [0.3, 0.4) is 0 Å². The first-order chi connectivity index (χ1) is 15.1. The number of nitrogens with zero attached hydrogens (tertiary/aromatic N) is 3. The summed E-state index contributed by atoms with van der Waals surface area (Å²) in [4.78, 5) is 30.7. The molecule has 0 spiro atoms. The van der Waals surface area contributed by atoms with E-state index in [4.69, 9.17) is 12.2 Å². The lowest BCUT2D eigenvalue weighted by Gasteiger charge is -2.37. The Hall–Kier alpha value is -2.65. The number of thiocarbonyl (C=S) groups is 1. The van der Waals surface area contributed by atoms with E-state index in [-0.39, 0.29) is 18.3 Å². The third-order valence-electron chi connectivity index (χ3n) is 6.03. The highest BCUT2D eigenvalue weighted by molar-refractivity contribution is 8.26. The molecular weight excluding hydrogens is 432 g/mol. The maximum absolute atomic E-state index is 12.8. The highest BCUT2D eigenvalue weighted by Crippen LogP contribution is 2.35. The normalized spacial score (nSPS) is 22.8. The number of nitrogens with one attached hydrogen (secondary N) is 1. The first kappa shape index (κ1) is 20.3. The van der Waals surface area contributed by atoms with Gasteiger partial charge in [0.15, 0.2) is 5.82 Å². The number of anilines is 1. The summed E-state index contributed by atoms with van der Waals surface area (Å²) in [5, 5.41) is 3.60. The van der Waals surface area contributed by atoms with Gasteiger partial charge in [-0.05, 0) is 55.4 Å². The van der Waals surface area contributed by atoms with Gasteiger partial charge in [-0.2, -0.15) is 0 Å². The molecule has 9 heteroatoms. The largest absolute Gasteiger partial charge is 0.438 e. The highest BCUT2D eigenvalue weighted by Gasteiger charge is 2.33. The van der Waals surface area contributed by atoms with Gasteiger partial charge in [0.2, 0.25) is 0 Å². The number of benzene rings is 1. The lowest BCUT2D eigenvalue weighted by Crippen LogP contribution is -2.36. The second-order valence-corrected chi connectivity index (χ2v) is 9.69. The number of hydrogen-bond acceptors (Lipinski definition) is 7. The van der Waals surface area contributed by atoms with E-state index in [0.717, 1.165) is 24.6 Å². The summed E-state index contributed by atoms with van der Waals surface area (Å²) in [5.74, 6) is 0.194. The fourth-order valence-corrected chi connectivity index (χ4v) is 5.66. The van der Waals surface area contributed by atoms with Crippen LogP contribution in [0.5, 0.6) is 0 Å². The Balaban J connectivity index is 1.28.